The van der Waals surface area contributed by atoms with E-state index in [1.807, 2.05) is 36.4 Å². The zero-order valence-electron chi connectivity index (χ0n) is 15.6. The van der Waals surface area contributed by atoms with E-state index in [1.165, 1.54) is 18.9 Å². The van der Waals surface area contributed by atoms with Gasteiger partial charge in [0.15, 0.2) is 0 Å². The first-order valence-corrected chi connectivity index (χ1v) is 10.2. The van der Waals surface area contributed by atoms with Gasteiger partial charge in [-0.15, -0.1) is 0 Å². The summed E-state index contributed by atoms with van der Waals surface area (Å²) >= 11 is 1.32. The third-order valence-corrected chi connectivity index (χ3v) is 6.01. The quantitative estimate of drug-likeness (QED) is 0.684. The first-order chi connectivity index (χ1) is 13.7. The Morgan fingerprint density at radius 3 is 2.46 bits per heavy atom. The Labute approximate surface area is 168 Å². The zero-order valence-corrected chi connectivity index (χ0v) is 16.5. The molecular weight excluding hydrogens is 374 g/mol. The molecule has 144 valence electrons. The van der Waals surface area contributed by atoms with Gasteiger partial charge in [0.1, 0.15) is 11.5 Å². The minimum Gasteiger partial charge on any atom is -0.496 e. The molecule has 2 aliphatic rings. The van der Waals surface area contributed by atoms with Crippen LogP contribution >= 0.6 is 11.8 Å². The number of rotatable bonds is 3. The lowest BCUT2D eigenvalue weighted by Crippen LogP contribution is -2.37. The second kappa shape index (κ2) is 8.10. The summed E-state index contributed by atoms with van der Waals surface area (Å²) in [5, 5.41) is 0. The Morgan fingerprint density at radius 2 is 1.75 bits per heavy atom. The minimum atomic E-state index is -0.361. The number of thioether (sulfide) groups is 1. The second-order valence-corrected chi connectivity index (χ2v) is 7.79. The highest BCUT2D eigenvalue weighted by Crippen LogP contribution is 2.49. The molecule has 5 nitrogen and oxygen atoms in total. The molecule has 0 unspecified atom stereocenters. The molecule has 0 N–H and O–H groups in total. The number of piperidine rings is 1. The number of likely N-dealkylation sites (tertiary alicyclic amines) is 1. The lowest BCUT2D eigenvalue weighted by Gasteiger charge is -2.26. The predicted octanol–water partition coefficient (Wildman–Crippen LogP) is 5.01. The van der Waals surface area contributed by atoms with E-state index in [1.54, 1.807) is 17.0 Å². The number of ketones is 1. The number of carbonyl (C=O) groups excluding carboxylic acids is 2. The third kappa shape index (κ3) is 3.64. The number of benzene rings is 2. The fraction of sp³-hybridized carbons (Fsp3) is 0.273. The van der Waals surface area contributed by atoms with Gasteiger partial charge in [0.05, 0.1) is 22.5 Å². The topological polar surface area (TPSA) is 55.8 Å². The van der Waals surface area contributed by atoms with Crippen molar-refractivity contribution in [3.05, 3.63) is 58.5 Å². The number of Topliss-reactive ketones (excluding diaryl/α,β-unsaturated/α-hetero) is 1. The molecule has 0 saturated carbocycles. The van der Waals surface area contributed by atoms with Gasteiger partial charge >= 0.3 is 6.09 Å². The van der Waals surface area contributed by atoms with E-state index < -0.39 is 0 Å². The molecule has 6 heteroatoms. The maximum Gasteiger partial charge on any atom is 0.415 e. The molecule has 2 aliphatic heterocycles. The average Bonchev–Trinajstić information content (AvgIpc) is 3.06. The van der Waals surface area contributed by atoms with Crippen LogP contribution in [0.5, 0.6) is 11.5 Å². The number of ether oxygens (including phenoxy) is 2. The molecule has 2 heterocycles. The van der Waals surface area contributed by atoms with Crippen LogP contribution in [0.4, 0.5) is 4.79 Å². The molecule has 1 amide bonds. The first kappa shape index (κ1) is 18.6. The summed E-state index contributed by atoms with van der Waals surface area (Å²) in [4.78, 5) is 28.5. The molecule has 28 heavy (non-hydrogen) atoms. The average molecular weight is 395 g/mol. The summed E-state index contributed by atoms with van der Waals surface area (Å²) in [6.07, 6.45) is 4.61. The normalized spacial score (nSPS) is 17.5. The van der Waals surface area contributed by atoms with Crippen LogP contribution in [0, 0.1) is 0 Å². The third-order valence-electron chi connectivity index (χ3n) is 4.87. The number of carbonyl (C=O) groups is 2. The van der Waals surface area contributed by atoms with Gasteiger partial charge in [-0.25, -0.2) is 4.79 Å². The summed E-state index contributed by atoms with van der Waals surface area (Å²) < 4.78 is 11.1. The van der Waals surface area contributed by atoms with Crippen molar-refractivity contribution in [3.63, 3.8) is 0 Å². The van der Waals surface area contributed by atoms with Gasteiger partial charge in [0, 0.05) is 13.1 Å². The molecule has 0 atom stereocenters. The molecule has 0 spiro atoms. The van der Waals surface area contributed by atoms with E-state index in [2.05, 4.69) is 0 Å². The Bertz CT molecular complexity index is 933. The fourth-order valence-electron chi connectivity index (χ4n) is 3.42. The van der Waals surface area contributed by atoms with Crippen LogP contribution in [0.2, 0.25) is 0 Å². The highest BCUT2D eigenvalue weighted by Gasteiger charge is 2.33. The maximum atomic E-state index is 13.0. The fourth-order valence-corrected chi connectivity index (χ4v) is 4.54. The number of hydrogen-bond acceptors (Lipinski definition) is 5. The van der Waals surface area contributed by atoms with Gasteiger partial charge < -0.3 is 14.4 Å². The molecule has 1 fully saturated rings. The molecule has 2 aromatic rings. The van der Waals surface area contributed by atoms with Gasteiger partial charge in [-0.1, -0.05) is 42.1 Å². The Kier molecular flexibility index (Phi) is 5.39. The largest absolute Gasteiger partial charge is 0.496 e. The summed E-state index contributed by atoms with van der Waals surface area (Å²) in [7, 11) is 1.53. The molecule has 4 rings (SSSR count). The Hall–Kier alpha value is -2.73. The van der Waals surface area contributed by atoms with Crippen LogP contribution in [0.1, 0.15) is 35.2 Å². The van der Waals surface area contributed by atoms with E-state index in [-0.39, 0.29) is 11.9 Å². The van der Waals surface area contributed by atoms with Crippen LogP contribution in [-0.4, -0.2) is 37.0 Å². The highest BCUT2D eigenvalue weighted by atomic mass is 32.2. The van der Waals surface area contributed by atoms with Crippen molar-refractivity contribution < 1.29 is 19.1 Å². The number of fused-ring (bicyclic) bond motifs is 1. The summed E-state index contributed by atoms with van der Waals surface area (Å²) in [5.74, 6) is 0.777. The lowest BCUT2D eigenvalue weighted by molar-refractivity contribution is 0.103. The predicted molar refractivity (Wildman–Crippen MR) is 109 cm³/mol. The second-order valence-electron chi connectivity index (χ2n) is 6.74. The van der Waals surface area contributed by atoms with Crippen molar-refractivity contribution in [3.8, 4) is 11.5 Å². The SMILES string of the molecule is COc1ccc(OC(=O)N2CCCCC2)c2c1C(=O)/C(=C/c1ccccc1)S2. The van der Waals surface area contributed by atoms with Crippen LogP contribution in [0.15, 0.2) is 52.3 Å². The first-order valence-electron chi connectivity index (χ1n) is 9.34. The van der Waals surface area contributed by atoms with Gasteiger partial charge in [-0.3, -0.25) is 4.79 Å². The highest BCUT2D eigenvalue weighted by molar-refractivity contribution is 8.05. The summed E-state index contributed by atoms with van der Waals surface area (Å²) in [6.45, 7) is 1.42. The molecule has 0 radical (unpaired) electrons. The molecule has 2 aromatic carbocycles. The summed E-state index contributed by atoms with van der Waals surface area (Å²) in [5.41, 5.74) is 1.40. The van der Waals surface area contributed by atoms with Crippen LogP contribution in [-0.2, 0) is 0 Å². The van der Waals surface area contributed by atoms with E-state index in [0.29, 0.717) is 40.0 Å². The van der Waals surface area contributed by atoms with Crippen molar-refractivity contribution in [1.29, 1.82) is 0 Å². The van der Waals surface area contributed by atoms with Crippen molar-refractivity contribution in [1.82, 2.24) is 4.90 Å². The van der Waals surface area contributed by atoms with Gasteiger partial charge in [-0.05, 0) is 43.0 Å². The molecule has 1 saturated heterocycles. The van der Waals surface area contributed by atoms with Crippen LogP contribution in [0.25, 0.3) is 6.08 Å². The lowest BCUT2D eigenvalue weighted by atomic mass is 10.1. The Morgan fingerprint density at radius 1 is 1.04 bits per heavy atom. The van der Waals surface area contributed by atoms with Crippen molar-refractivity contribution in [2.45, 2.75) is 24.2 Å². The van der Waals surface area contributed by atoms with Crippen molar-refractivity contribution >= 4 is 29.7 Å². The smallest absolute Gasteiger partial charge is 0.415 e. The number of nitrogens with zero attached hydrogens (tertiary/aromatic N) is 1. The van der Waals surface area contributed by atoms with E-state index in [0.717, 1.165) is 24.8 Å². The van der Waals surface area contributed by atoms with E-state index in [4.69, 9.17) is 9.47 Å². The molecule has 0 aromatic heterocycles. The molecule has 0 aliphatic carbocycles. The van der Waals surface area contributed by atoms with Gasteiger partial charge in [0.2, 0.25) is 5.78 Å². The maximum absolute atomic E-state index is 13.0. The minimum absolute atomic E-state index is 0.114. The van der Waals surface area contributed by atoms with Gasteiger partial charge in [0.25, 0.3) is 0 Å². The molecular formula is C22H21NO4S. The number of amides is 1. The van der Waals surface area contributed by atoms with Crippen LogP contribution in [0.3, 0.4) is 0 Å². The standard InChI is InChI=1S/C22H21NO4S/c1-26-16-10-11-17(27-22(25)23-12-6-3-7-13-23)21-19(16)20(24)18(28-21)14-15-8-4-2-5-9-15/h2,4-5,8-11,14H,3,6-7,12-13H2,1H3/b18-14-. The van der Waals surface area contributed by atoms with Crippen LogP contribution < -0.4 is 9.47 Å². The van der Waals surface area contributed by atoms with E-state index >= 15 is 0 Å². The van der Waals surface area contributed by atoms with Gasteiger partial charge in [-0.2, -0.15) is 0 Å². The molecule has 0 bridgehead atoms. The summed E-state index contributed by atoms with van der Waals surface area (Å²) in [6, 6.07) is 13.1. The zero-order chi connectivity index (χ0) is 19.5. The number of hydrogen-bond donors (Lipinski definition) is 0. The monoisotopic (exact) mass is 395 g/mol. The van der Waals surface area contributed by atoms with Crippen molar-refractivity contribution in [2.24, 2.45) is 0 Å². The van der Waals surface area contributed by atoms with Crippen molar-refractivity contribution in [2.75, 3.05) is 20.2 Å². The van der Waals surface area contributed by atoms with E-state index in [9.17, 15) is 9.59 Å². The number of methoxy groups -OCH3 is 1. The Balaban J connectivity index is 1.65. The number of allylic oxidation sites excluding steroid dienone is 1.